The second kappa shape index (κ2) is 7.30. The van der Waals surface area contributed by atoms with Gasteiger partial charge in [-0.15, -0.1) is 0 Å². The summed E-state index contributed by atoms with van der Waals surface area (Å²) >= 11 is 0. The van der Waals surface area contributed by atoms with Gasteiger partial charge in [0.25, 0.3) is 5.60 Å². The standard InChI is InChI=1S/C21H17F6N3O/c22-20(23,24)19(31,21(25,26)27)17-4-1-13(2-5-17)12-30-8-7-15-9-14(3-6-18(15)30)16-10-28-29-11-16/h1-6,9-11,31H,7-8,12H2,(H,28,29). The molecule has 0 amide bonds. The van der Waals surface area contributed by atoms with E-state index < -0.39 is 23.5 Å². The zero-order valence-electron chi connectivity index (χ0n) is 15.9. The van der Waals surface area contributed by atoms with Crippen molar-refractivity contribution in [3.63, 3.8) is 0 Å². The van der Waals surface area contributed by atoms with E-state index in [9.17, 15) is 31.4 Å². The number of aromatic amines is 1. The van der Waals surface area contributed by atoms with E-state index in [2.05, 4.69) is 10.2 Å². The molecular weight excluding hydrogens is 424 g/mol. The molecule has 1 aliphatic heterocycles. The molecule has 4 rings (SSSR count). The van der Waals surface area contributed by atoms with Crippen LogP contribution in [0.1, 0.15) is 16.7 Å². The quantitative estimate of drug-likeness (QED) is 0.564. The van der Waals surface area contributed by atoms with Gasteiger partial charge in [-0.3, -0.25) is 5.10 Å². The molecule has 10 heteroatoms. The zero-order chi connectivity index (χ0) is 22.4. The van der Waals surface area contributed by atoms with E-state index in [0.717, 1.165) is 28.8 Å². The van der Waals surface area contributed by atoms with Crippen LogP contribution in [0.25, 0.3) is 11.1 Å². The number of benzene rings is 2. The summed E-state index contributed by atoms with van der Waals surface area (Å²) in [4.78, 5) is 2.00. The van der Waals surface area contributed by atoms with Crippen LogP contribution in [0.2, 0.25) is 0 Å². The molecule has 2 heterocycles. The summed E-state index contributed by atoms with van der Waals surface area (Å²) in [5, 5.41) is 16.2. The molecule has 3 aromatic rings. The Morgan fingerprint density at radius 2 is 1.61 bits per heavy atom. The molecule has 0 saturated carbocycles. The summed E-state index contributed by atoms with van der Waals surface area (Å²) in [6, 6.07) is 9.61. The van der Waals surface area contributed by atoms with Gasteiger partial charge in [0.1, 0.15) is 0 Å². The number of aromatic nitrogens is 2. The number of nitrogens with one attached hydrogen (secondary N) is 1. The lowest BCUT2D eigenvalue weighted by atomic mass is 9.91. The summed E-state index contributed by atoms with van der Waals surface area (Å²) in [7, 11) is 0. The molecule has 0 fully saturated rings. The molecule has 0 aliphatic carbocycles. The van der Waals surface area contributed by atoms with Crippen LogP contribution >= 0.6 is 0 Å². The minimum Gasteiger partial charge on any atom is -0.369 e. The highest BCUT2D eigenvalue weighted by molar-refractivity contribution is 5.69. The highest BCUT2D eigenvalue weighted by Gasteiger charge is 2.71. The molecule has 0 atom stereocenters. The van der Waals surface area contributed by atoms with Crippen LogP contribution in [0.5, 0.6) is 0 Å². The molecule has 31 heavy (non-hydrogen) atoms. The van der Waals surface area contributed by atoms with Crippen molar-refractivity contribution in [1.82, 2.24) is 10.2 Å². The monoisotopic (exact) mass is 441 g/mol. The normalized spacial score (nSPS) is 14.7. The number of nitrogens with zero attached hydrogens (tertiary/aromatic N) is 2. The number of hydrogen-bond acceptors (Lipinski definition) is 3. The van der Waals surface area contributed by atoms with Crippen molar-refractivity contribution in [2.75, 3.05) is 11.4 Å². The Bertz CT molecular complexity index is 1040. The van der Waals surface area contributed by atoms with Crippen LogP contribution in [-0.4, -0.2) is 34.2 Å². The number of alkyl halides is 6. The van der Waals surface area contributed by atoms with Gasteiger partial charge in [0.2, 0.25) is 0 Å². The van der Waals surface area contributed by atoms with Crippen molar-refractivity contribution >= 4 is 5.69 Å². The lowest BCUT2D eigenvalue weighted by molar-refractivity contribution is -0.376. The van der Waals surface area contributed by atoms with E-state index in [4.69, 9.17) is 0 Å². The molecule has 0 unspecified atom stereocenters. The molecule has 2 aromatic carbocycles. The molecular formula is C21H17F6N3O. The van der Waals surface area contributed by atoms with E-state index in [1.807, 2.05) is 23.1 Å². The smallest absolute Gasteiger partial charge is 0.369 e. The van der Waals surface area contributed by atoms with Crippen LogP contribution in [0.4, 0.5) is 32.0 Å². The summed E-state index contributed by atoms with van der Waals surface area (Å²) in [5.41, 5.74) is -1.65. The van der Waals surface area contributed by atoms with Gasteiger partial charge in [-0.1, -0.05) is 30.3 Å². The zero-order valence-corrected chi connectivity index (χ0v) is 15.9. The van der Waals surface area contributed by atoms with Crippen molar-refractivity contribution in [2.45, 2.75) is 30.9 Å². The Balaban J connectivity index is 1.55. The molecule has 0 spiro atoms. The number of aliphatic hydroxyl groups is 1. The van der Waals surface area contributed by atoms with Gasteiger partial charge in [0.15, 0.2) is 0 Å². The summed E-state index contributed by atoms with van der Waals surface area (Å²) in [6.45, 7) is 0.982. The number of halogens is 6. The summed E-state index contributed by atoms with van der Waals surface area (Å²) < 4.78 is 78.2. The second-order valence-corrected chi connectivity index (χ2v) is 7.40. The molecule has 1 aromatic heterocycles. The molecule has 1 aliphatic rings. The lowest BCUT2D eigenvalue weighted by Gasteiger charge is -2.32. The maximum absolute atomic E-state index is 13.0. The highest BCUT2D eigenvalue weighted by atomic mass is 19.4. The number of anilines is 1. The van der Waals surface area contributed by atoms with E-state index in [0.29, 0.717) is 30.8 Å². The number of hydrogen-bond donors (Lipinski definition) is 2. The fourth-order valence-corrected chi connectivity index (χ4v) is 3.78. The van der Waals surface area contributed by atoms with Gasteiger partial charge in [0, 0.05) is 36.1 Å². The highest BCUT2D eigenvalue weighted by Crippen LogP contribution is 2.50. The average molecular weight is 441 g/mol. The molecule has 0 radical (unpaired) electrons. The van der Waals surface area contributed by atoms with Gasteiger partial charge in [0.05, 0.1) is 6.20 Å². The van der Waals surface area contributed by atoms with Crippen molar-refractivity contribution in [3.8, 4) is 11.1 Å². The van der Waals surface area contributed by atoms with Gasteiger partial charge in [-0.25, -0.2) is 0 Å². The second-order valence-electron chi connectivity index (χ2n) is 7.40. The summed E-state index contributed by atoms with van der Waals surface area (Å²) in [6.07, 6.45) is -7.54. The van der Waals surface area contributed by atoms with Crippen molar-refractivity contribution in [2.24, 2.45) is 0 Å². The maximum Gasteiger partial charge on any atom is 0.430 e. The minimum absolute atomic E-state index is 0.314. The van der Waals surface area contributed by atoms with Crippen molar-refractivity contribution < 1.29 is 31.4 Å². The third-order valence-electron chi connectivity index (χ3n) is 5.47. The van der Waals surface area contributed by atoms with Gasteiger partial charge < -0.3 is 10.0 Å². The topological polar surface area (TPSA) is 52.1 Å². The first kappa shape index (κ1) is 21.2. The van der Waals surface area contributed by atoms with Crippen LogP contribution in [0.15, 0.2) is 54.9 Å². The summed E-state index contributed by atoms with van der Waals surface area (Å²) in [5.74, 6) is 0. The van der Waals surface area contributed by atoms with E-state index in [1.165, 1.54) is 12.1 Å². The Morgan fingerprint density at radius 1 is 0.935 bits per heavy atom. The van der Waals surface area contributed by atoms with E-state index >= 15 is 0 Å². The largest absolute Gasteiger partial charge is 0.430 e. The number of H-pyrrole nitrogens is 1. The van der Waals surface area contributed by atoms with Crippen molar-refractivity contribution in [1.29, 1.82) is 0 Å². The number of fused-ring (bicyclic) bond motifs is 1. The Hall–Kier alpha value is -3.01. The van der Waals surface area contributed by atoms with Gasteiger partial charge >= 0.3 is 12.4 Å². The maximum atomic E-state index is 13.0. The van der Waals surface area contributed by atoms with Crippen LogP contribution in [-0.2, 0) is 18.6 Å². The van der Waals surface area contributed by atoms with Crippen molar-refractivity contribution in [3.05, 3.63) is 71.5 Å². The molecule has 0 bridgehead atoms. The molecule has 4 nitrogen and oxygen atoms in total. The van der Waals surface area contributed by atoms with Crippen LogP contribution in [0.3, 0.4) is 0 Å². The SMILES string of the molecule is OC(c1ccc(CN2CCc3cc(-c4cn[nH]c4)ccc32)cc1)(C(F)(F)F)C(F)(F)F. The number of rotatable bonds is 4. The average Bonchev–Trinajstić information content (AvgIpc) is 3.36. The first-order valence-electron chi connectivity index (χ1n) is 9.33. The van der Waals surface area contributed by atoms with E-state index in [-0.39, 0.29) is 0 Å². The fraction of sp³-hybridized carbons (Fsp3) is 0.286. The molecule has 2 N–H and O–H groups in total. The van der Waals surface area contributed by atoms with E-state index in [1.54, 1.807) is 12.4 Å². The predicted octanol–water partition coefficient (Wildman–Crippen LogP) is 4.95. The molecule has 0 saturated heterocycles. The Kier molecular flexibility index (Phi) is 5.00. The molecule has 164 valence electrons. The minimum atomic E-state index is -5.90. The van der Waals surface area contributed by atoms with Gasteiger partial charge in [-0.2, -0.15) is 31.4 Å². The van der Waals surface area contributed by atoms with Crippen LogP contribution < -0.4 is 4.90 Å². The third kappa shape index (κ3) is 3.65. The first-order chi connectivity index (χ1) is 14.5. The fourth-order valence-electron chi connectivity index (χ4n) is 3.78. The Labute approximate surface area is 173 Å². The van der Waals surface area contributed by atoms with Gasteiger partial charge in [-0.05, 0) is 35.2 Å². The predicted molar refractivity (Wildman–Crippen MR) is 101 cm³/mol. The Morgan fingerprint density at radius 3 is 2.19 bits per heavy atom. The lowest BCUT2D eigenvalue weighted by Crippen LogP contribution is -2.53. The first-order valence-corrected chi connectivity index (χ1v) is 9.33. The van der Waals surface area contributed by atoms with Crippen LogP contribution in [0, 0.1) is 0 Å². The third-order valence-corrected chi connectivity index (χ3v) is 5.47.